The largest absolute Gasteiger partial charge is 0.220 e. The van der Waals surface area contributed by atoms with E-state index in [-0.39, 0.29) is 11.2 Å². The first kappa shape index (κ1) is 11.1. The molecule has 2 aromatic rings. The molecule has 16 heavy (non-hydrogen) atoms. The van der Waals surface area contributed by atoms with Gasteiger partial charge in [0.2, 0.25) is 0 Å². The van der Waals surface area contributed by atoms with E-state index in [2.05, 4.69) is 10.3 Å². The Labute approximate surface area is 97.8 Å². The number of nitrogens with zero attached hydrogens (tertiary/aromatic N) is 3. The van der Waals surface area contributed by atoms with Crippen molar-refractivity contribution in [2.45, 2.75) is 19.2 Å². The first-order valence-electron chi connectivity index (χ1n) is 4.91. The topological polar surface area (TPSA) is 30.7 Å². The molecule has 1 atom stereocenters. The second-order valence-corrected chi connectivity index (χ2v) is 4.29. The molecule has 3 nitrogen and oxygen atoms in total. The fourth-order valence-electron chi connectivity index (χ4n) is 1.41. The molecular formula is C11H11ClFN3. The first-order chi connectivity index (χ1) is 7.58. The van der Waals surface area contributed by atoms with Gasteiger partial charge in [-0.25, -0.2) is 9.07 Å². The van der Waals surface area contributed by atoms with Gasteiger partial charge in [0.05, 0.1) is 17.3 Å². The minimum atomic E-state index is -0.295. The fourth-order valence-corrected chi connectivity index (χ4v) is 1.51. The molecule has 1 unspecified atom stereocenters. The lowest BCUT2D eigenvalue weighted by atomic mass is 10.2. The van der Waals surface area contributed by atoms with Crippen LogP contribution in [-0.2, 0) is 0 Å². The van der Waals surface area contributed by atoms with E-state index in [9.17, 15) is 4.39 Å². The molecule has 84 valence electrons. The molecule has 1 aromatic carbocycles. The summed E-state index contributed by atoms with van der Waals surface area (Å²) < 4.78 is 14.6. The third-order valence-corrected chi connectivity index (χ3v) is 2.56. The number of benzene rings is 1. The van der Waals surface area contributed by atoms with Crippen LogP contribution in [0.2, 0.25) is 0 Å². The third-order valence-electron chi connectivity index (χ3n) is 2.34. The van der Waals surface area contributed by atoms with Crippen LogP contribution in [0.1, 0.15) is 23.6 Å². The average Bonchev–Trinajstić information content (AvgIpc) is 2.70. The predicted octanol–water partition coefficient (Wildman–Crippen LogP) is 3.01. The van der Waals surface area contributed by atoms with Crippen molar-refractivity contribution in [1.82, 2.24) is 15.0 Å². The van der Waals surface area contributed by atoms with Crippen LogP contribution in [0.4, 0.5) is 4.39 Å². The maximum absolute atomic E-state index is 13.1. The summed E-state index contributed by atoms with van der Waals surface area (Å²) >= 11 is 5.89. The zero-order valence-corrected chi connectivity index (χ0v) is 9.74. The SMILES string of the molecule is Cc1ccc(F)cc1-n1cc(C(C)Cl)nn1. The Morgan fingerprint density at radius 2 is 2.19 bits per heavy atom. The van der Waals surface area contributed by atoms with Crippen molar-refractivity contribution >= 4 is 11.6 Å². The molecule has 0 spiro atoms. The van der Waals surface area contributed by atoms with Gasteiger partial charge in [0.25, 0.3) is 0 Å². The lowest BCUT2D eigenvalue weighted by Crippen LogP contribution is -1.98. The van der Waals surface area contributed by atoms with Gasteiger partial charge in [0.15, 0.2) is 0 Å². The highest BCUT2D eigenvalue weighted by Gasteiger charge is 2.09. The monoisotopic (exact) mass is 239 g/mol. The Morgan fingerprint density at radius 3 is 2.81 bits per heavy atom. The molecule has 0 amide bonds. The molecular weight excluding hydrogens is 229 g/mol. The molecule has 0 bridgehead atoms. The predicted molar refractivity (Wildman–Crippen MR) is 60.3 cm³/mol. The van der Waals surface area contributed by atoms with E-state index in [0.717, 1.165) is 5.56 Å². The van der Waals surface area contributed by atoms with Gasteiger partial charge in [-0.3, -0.25) is 0 Å². The highest BCUT2D eigenvalue weighted by molar-refractivity contribution is 6.20. The molecule has 0 radical (unpaired) electrons. The number of aryl methyl sites for hydroxylation is 1. The summed E-state index contributed by atoms with van der Waals surface area (Å²) in [5.41, 5.74) is 2.28. The number of rotatable bonds is 2. The number of hydrogen-bond donors (Lipinski definition) is 0. The summed E-state index contributed by atoms with van der Waals surface area (Å²) in [5.74, 6) is -0.295. The van der Waals surface area contributed by atoms with E-state index in [0.29, 0.717) is 11.4 Å². The van der Waals surface area contributed by atoms with E-state index in [1.54, 1.807) is 12.3 Å². The lowest BCUT2D eigenvalue weighted by molar-refractivity contribution is 0.624. The normalized spacial score (nSPS) is 12.8. The second kappa shape index (κ2) is 4.22. The summed E-state index contributed by atoms with van der Waals surface area (Å²) in [6, 6.07) is 4.55. The highest BCUT2D eigenvalue weighted by atomic mass is 35.5. The van der Waals surface area contributed by atoms with Crippen molar-refractivity contribution in [3.8, 4) is 5.69 Å². The van der Waals surface area contributed by atoms with Gasteiger partial charge in [-0.15, -0.1) is 16.7 Å². The van der Waals surface area contributed by atoms with Gasteiger partial charge in [-0.1, -0.05) is 11.3 Å². The Bertz CT molecular complexity index is 508. The summed E-state index contributed by atoms with van der Waals surface area (Å²) in [6.07, 6.45) is 1.71. The van der Waals surface area contributed by atoms with Gasteiger partial charge >= 0.3 is 0 Å². The Kier molecular flexibility index (Phi) is 2.92. The van der Waals surface area contributed by atoms with Gasteiger partial charge in [0.1, 0.15) is 11.5 Å². The van der Waals surface area contributed by atoms with Gasteiger partial charge in [0, 0.05) is 0 Å². The molecule has 0 aliphatic carbocycles. The fraction of sp³-hybridized carbons (Fsp3) is 0.273. The Morgan fingerprint density at radius 1 is 1.44 bits per heavy atom. The van der Waals surface area contributed by atoms with E-state index >= 15 is 0 Å². The van der Waals surface area contributed by atoms with Crippen LogP contribution in [0.5, 0.6) is 0 Å². The van der Waals surface area contributed by atoms with Crippen molar-refractivity contribution < 1.29 is 4.39 Å². The summed E-state index contributed by atoms with van der Waals surface area (Å²) in [7, 11) is 0. The molecule has 0 N–H and O–H groups in total. The van der Waals surface area contributed by atoms with Crippen molar-refractivity contribution in [1.29, 1.82) is 0 Å². The zero-order valence-electron chi connectivity index (χ0n) is 8.98. The molecule has 5 heteroatoms. The van der Waals surface area contributed by atoms with Crippen molar-refractivity contribution in [3.05, 3.63) is 41.5 Å². The van der Waals surface area contributed by atoms with E-state index < -0.39 is 0 Å². The van der Waals surface area contributed by atoms with Crippen LogP contribution in [-0.4, -0.2) is 15.0 Å². The second-order valence-electron chi connectivity index (χ2n) is 3.63. The van der Waals surface area contributed by atoms with Crippen molar-refractivity contribution in [3.63, 3.8) is 0 Å². The molecule has 0 saturated heterocycles. The highest BCUT2D eigenvalue weighted by Crippen LogP contribution is 2.19. The number of alkyl halides is 1. The Hall–Kier alpha value is -1.42. The maximum Gasteiger partial charge on any atom is 0.125 e. The zero-order chi connectivity index (χ0) is 11.7. The van der Waals surface area contributed by atoms with Gasteiger partial charge < -0.3 is 0 Å². The van der Waals surface area contributed by atoms with Crippen LogP contribution in [0, 0.1) is 12.7 Å². The molecule has 0 saturated carbocycles. The van der Waals surface area contributed by atoms with Crippen LogP contribution >= 0.6 is 11.6 Å². The van der Waals surface area contributed by atoms with Gasteiger partial charge in [-0.05, 0) is 31.5 Å². The number of hydrogen-bond acceptors (Lipinski definition) is 2. The first-order valence-corrected chi connectivity index (χ1v) is 5.34. The standard InChI is InChI=1S/C11H11ClFN3/c1-7-3-4-9(13)5-11(7)16-6-10(8(2)12)14-15-16/h3-6,8H,1-2H3. The maximum atomic E-state index is 13.1. The molecule has 0 aliphatic heterocycles. The van der Waals surface area contributed by atoms with Crippen LogP contribution in [0.3, 0.4) is 0 Å². The Balaban J connectivity index is 2.46. The van der Waals surface area contributed by atoms with Crippen LogP contribution < -0.4 is 0 Å². The molecule has 0 fully saturated rings. The van der Waals surface area contributed by atoms with Gasteiger partial charge in [-0.2, -0.15) is 0 Å². The van der Waals surface area contributed by atoms with Crippen molar-refractivity contribution in [2.75, 3.05) is 0 Å². The quantitative estimate of drug-likeness (QED) is 0.755. The lowest BCUT2D eigenvalue weighted by Gasteiger charge is -2.04. The number of halogens is 2. The van der Waals surface area contributed by atoms with Crippen LogP contribution in [0.25, 0.3) is 5.69 Å². The minimum Gasteiger partial charge on any atom is -0.220 e. The van der Waals surface area contributed by atoms with Crippen molar-refractivity contribution in [2.24, 2.45) is 0 Å². The number of aromatic nitrogens is 3. The molecule has 1 heterocycles. The third kappa shape index (κ3) is 2.07. The molecule has 2 rings (SSSR count). The molecule has 0 aliphatic rings. The smallest absolute Gasteiger partial charge is 0.125 e. The van der Waals surface area contributed by atoms with Crippen LogP contribution in [0.15, 0.2) is 24.4 Å². The molecule has 1 aromatic heterocycles. The average molecular weight is 240 g/mol. The van der Waals surface area contributed by atoms with E-state index in [1.165, 1.54) is 16.8 Å². The van der Waals surface area contributed by atoms with E-state index in [1.807, 2.05) is 13.8 Å². The van der Waals surface area contributed by atoms with E-state index in [4.69, 9.17) is 11.6 Å². The summed E-state index contributed by atoms with van der Waals surface area (Å²) in [4.78, 5) is 0. The minimum absolute atomic E-state index is 0.206. The summed E-state index contributed by atoms with van der Waals surface area (Å²) in [5, 5.41) is 7.64. The summed E-state index contributed by atoms with van der Waals surface area (Å²) in [6.45, 7) is 3.70.